The maximum absolute atomic E-state index is 11.8. The zero-order valence-corrected chi connectivity index (χ0v) is 9.52. The van der Waals surface area contributed by atoms with Crippen LogP contribution in [-0.2, 0) is 9.84 Å². The molecule has 1 fully saturated rings. The number of rotatable bonds is 4. The summed E-state index contributed by atoms with van der Waals surface area (Å²) in [6.45, 7) is 6.45. The quantitative estimate of drug-likeness (QED) is 0.718. The molecule has 0 aliphatic carbocycles. The number of hydrogen-bond donors (Lipinski definition) is 1. The third kappa shape index (κ3) is 2.58. The number of hydrogen-bond acceptors (Lipinski definition) is 3. The van der Waals surface area contributed by atoms with E-state index in [1.54, 1.807) is 6.08 Å². The van der Waals surface area contributed by atoms with Crippen molar-refractivity contribution in [2.45, 2.75) is 37.5 Å². The molecule has 2 unspecified atom stereocenters. The van der Waals surface area contributed by atoms with Crippen LogP contribution in [0, 0.1) is 0 Å². The van der Waals surface area contributed by atoms with E-state index in [9.17, 15) is 8.42 Å². The molecule has 1 heterocycles. The minimum absolute atomic E-state index is 0.0784. The van der Waals surface area contributed by atoms with Gasteiger partial charge in [0.15, 0.2) is 9.84 Å². The lowest BCUT2D eigenvalue weighted by atomic mass is 10.1. The summed E-state index contributed by atoms with van der Waals surface area (Å²) in [4.78, 5) is 0. The highest BCUT2D eigenvalue weighted by Gasteiger charge is 2.33. The highest BCUT2D eigenvalue weighted by Crippen LogP contribution is 2.22. The molecule has 3 nitrogen and oxygen atoms in total. The zero-order chi connectivity index (χ0) is 10.6. The van der Waals surface area contributed by atoms with Crippen LogP contribution in [0.25, 0.3) is 0 Å². The van der Waals surface area contributed by atoms with Crippen LogP contribution in [0.2, 0.25) is 0 Å². The second-order valence-electron chi connectivity index (χ2n) is 3.72. The Balaban J connectivity index is 2.76. The van der Waals surface area contributed by atoms with Crippen molar-refractivity contribution in [2.75, 3.05) is 12.3 Å². The Morgan fingerprint density at radius 1 is 1.57 bits per heavy atom. The fraction of sp³-hybridized carbons (Fsp3) is 0.800. The first-order chi connectivity index (χ1) is 6.61. The lowest BCUT2D eigenvalue weighted by Crippen LogP contribution is -2.45. The molecule has 0 bridgehead atoms. The Labute approximate surface area is 86.5 Å². The van der Waals surface area contributed by atoms with E-state index in [1.807, 2.05) is 6.92 Å². The molecule has 82 valence electrons. The van der Waals surface area contributed by atoms with Crippen LogP contribution < -0.4 is 5.32 Å². The first-order valence-electron chi connectivity index (χ1n) is 5.19. The van der Waals surface area contributed by atoms with Crippen molar-refractivity contribution in [3.8, 4) is 0 Å². The topological polar surface area (TPSA) is 46.2 Å². The lowest BCUT2D eigenvalue weighted by molar-refractivity contribution is 0.487. The molecule has 0 spiro atoms. The maximum atomic E-state index is 11.8. The molecule has 1 N–H and O–H groups in total. The summed E-state index contributed by atoms with van der Waals surface area (Å²) in [6, 6.07) is -0.0784. The summed E-state index contributed by atoms with van der Waals surface area (Å²) in [5, 5.41) is 2.90. The molecule has 0 saturated carbocycles. The SMILES string of the molecule is C=CC(NCC)C1CCCCS1(=O)=O. The zero-order valence-electron chi connectivity index (χ0n) is 8.70. The summed E-state index contributed by atoms with van der Waals surface area (Å²) < 4.78 is 23.5. The molecule has 1 saturated heterocycles. The lowest BCUT2D eigenvalue weighted by Gasteiger charge is -2.28. The normalized spacial score (nSPS) is 28.2. The standard InChI is InChI=1S/C10H19NO2S/c1-3-9(11-4-2)10-7-5-6-8-14(10,12)13/h3,9-11H,1,4-8H2,2H3. The third-order valence-electron chi connectivity index (χ3n) is 2.72. The molecule has 0 aromatic heterocycles. The molecule has 0 amide bonds. The van der Waals surface area contributed by atoms with Gasteiger partial charge in [0, 0.05) is 6.04 Å². The molecule has 1 rings (SSSR count). The van der Waals surface area contributed by atoms with E-state index < -0.39 is 9.84 Å². The van der Waals surface area contributed by atoms with E-state index in [0.717, 1.165) is 25.8 Å². The average molecular weight is 217 g/mol. The van der Waals surface area contributed by atoms with E-state index in [4.69, 9.17) is 0 Å². The maximum Gasteiger partial charge on any atom is 0.155 e. The van der Waals surface area contributed by atoms with Gasteiger partial charge in [0.05, 0.1) is 11.0 Å². The van der Waals surface area contributed by atoms with Gasteiger partial charge in [-0.2, -0.15) is 0 Å². The second-order valence-corrected chi connectivity index (χ2v) is 6.06. The Morgan fingerprint density at radius 3 is 2.79 bits per heavy atom. The van der Waals surface area contributed by atoms with E-state index in [2.05, 4.69) is 11.9 Å². The Hall–Kier alpha value is -0.350. The van der Waals surface area contributed by atoms with E-state index >= 15 is 0 Å². The third-order valence-corrected chi connectivity index (χ3v) is 5.03. The van der Waals surface area contributed by atoms with Gasteiger partial charge >= 0.3 is 0 Å². The van der Waals surface area contributed by atoms with Crippen LogP contribution in [0.5, 0.6) is 0 Å². The van der Waals surface area contributed by atoms with Crippen LogP contribution >= 0.6 is 0 Å². The van der Waals surface area contributed by atoms with Crippen LogP contribution in [-0.4, -0.2) is 32.0 Å². The van der Waals surface area contributed by atoms with Crippen LogP contribution in [0.1, 0.15) is 26.2 Å². The molecule has 0 aromatic rings. The largest absolute Gasteiger partial charge is 0.310 e. The molecule has 2 atom stereocenters. The Kier molecular flexibility index (Phi) is 4.13. The van der Waals surface area contributed by atoms with Gasteiger partial charge in [-0.3, -0.25) is 0 Å². The summed E-state index contributed by atoms with van der Waals surface area (Å²) in [7, 11) is -2.89. The van der Waals surface area contributed by atoms with Crippen molar-refractivity contribution in [2.24, 2.45) is 0 Å². The minimum Gasteiger partial charge on any atom is -0.310 e. The summed E-state index contributed by atoms with van der Waals surface area (Å²) >= 11 is 0. The van der Waals surface area contributed by atoms with Crippen LogP contribution in [0.4, 0.5) is 0 Å². The van der Waals surface area contributed by atoms with Gasteiger partial charge in [0.2, 0.25) is 0 Å². The van der Waals surface area contributed by atoms with Gasteiger partial charge in [-0.15, -0.1) is 6.58 Å². The first-order valence-corrected chi connectivity index (χ1v) is 6.91. The molecular weight excluding hydrogens is 198 g/mol. The summed E-state index contributed by atoms with van der Waals surface area (Å²) in [6.07, 6.45) is 4.32. The van der Waals surface area contributed by atoms with Crippen LogP contribution in [0.15, 0.2) is 12.7 Å². The predicted octanol–water partition coefficient (Wildman–Crippen LogP) is 1.12. The highest BCUT2D eigenvalue weighted by atomic mass is 32.2. The predicted molar refractivity (Wildman–Crippen MR) is 59.1 cm³/mol. The fourth-order valence-electron chi connectivity index (χ4n) is 1.98. The fourth-order valence-corrected chi connectivity index (χ4v) is 4.07. The van der Waals surface area contributed by atoms with E-state index in [-0.39, 0.29) is 11.3 Å². The molecule has 4 heteroatoms. The first kappa shape index (κ1) is 11.7. The van der Waals surface area contributed by atoms with Gasteiger partial charge < -0.3 is 5.32 Å². The van der Waals surface area contributed by atoms with Crippen molar-refractivity contribution in [1.82, 2.24) is 5.32 Å². The van der Waals surface area contributed by atoms with Gasteiger partial charge in [-0.1, -0.05) is 19.4 Å². The minimum atomic E-state index is -2.89. The smallest absolute Gasteiger partial charge is 0.155 e. The number of likely N-dealkylation sites (N-methyl/N-ethyl adjacent to an activating group) is 1. The van der Waals surface area contributed by atoms with Gasteiger partial charge in [-0.25, -0.2) is 8.42 Å². The monoisotopic (exact) mass is 217 g/mol. The average Bonchev–Trinajstić information content (AvgIpc) is 2.14. The van der Waals surface area contributed by atoms with Crippen molar-refractivity contribution in [1.29, 1.82) is 0 Å². The van der Waals surface area contributed by atoms with E-state index in [1.165, 1.54) is 0 Å². The van der Waals surface area contributed by atoms with E-state index in [0.29, 0.717) is 5.75 Å². The van der Waals surface area contributed by atoms with Crippen LogP contribution in [0.3, 0.4) is 0 Å². The summed E-state index contributed by atoms with van der Waals surface area (Å²) in [5.41, 5.74) is 0. The molecule has 0 radical (unpaired) electrons. The van der Waals surface area contributed by atoms with Gasteiger partial charge in [0.1, 0.15) is 0 Å². The van der Waals surface area contributed by atoms with Crippen molar-refractivity contribution in [3.63, 3.8) is 0 Å². The van der Waals surface area contributed by atoms with Crippen molar-refractivity contribution >= 4 is 9.84 Å². The second kappa shape index (κ2) is 4.94. The Morgan fingerprint density at radius 2 is 2.29 bits per heavy atom. The van der Waals surface area contributed by atoms with Crippen molar-refractivity contribution in [3.05, 3.63) is 12.7 Å². The number of sulfone groups is 1. The number of nitrogens with one attached hydrogen (secondary N) is 1. The summed E-state index contributed by atoms with van der Waals surface area (Å²) in [5.74, 6) is 0.341. The molecule has 0 aromatic carbocycles. The van der Waals surface area contributed by atoms with Gasteiger partial charge in [0.25, 0.3) is 0 Å². The highest BCUT2D eigenvalue weighted by molar-refractivity contribution is 7.92. The molecular formula is C10H19NO2S. The van der Waals surface area contributed by atoms with Crippen molar-refractivity contribution < 1.29 is 8.42 Å². The molecule has 1 aliphatic rings. The van der Waals surface area contributed by atoms with Gasteiger partial charge in [-0.05, 0) is 19.4 Å². The Bertz CT molecular complexity index is 284. The molecule has 14 heavy (non-hydrogen) atoms. The molecule has 1 aliphatic heterocycles.